The number of hydrogen-bond acceptors (Lipinski definition) is 1. The number of benzene rings is 2. The smallest absolute Gasteiger partial charge is 0.0430 e. The summed E-state index contributed by atoms with van der Waals surface area (Å²) in [5.41, 5.74) is 2.95. The zero-order valence-corrected chi connectivity index (χ0v) is 13.5. The number of thiophene rings is 1. The standard InChI is InChI=1S/C18H15BrS/c19-13-6-3-5-12(11-13)14-8-4-9-16-15-7-1-2-10-17(15)20-18(14)16/h1-2,4,7-11,13H,3,5-6H2. The summed E-state index contributed by atoms with van der Waals surface area (Å²) in [4.78, 5) is 0.538. The number of rotatable bonds is 1. The third kappa shape index (κ3) is 2.02. The van der Waals surface area contributed by atoms with Crippen molar-refractivity contribution >= 4 is 53.0 Å². The first-order valence-electron chi connectivity index (χ1n) is 7.08. The molecule has 1 aliphatic rings. The van der Waals surface area contributed by atoms with E-state index in [1.54, 1.807) is 0 Å². The van der Waals surface area contributed by atoms with Gasteiger partial charge < -0.3 is 0 Å². The van der Waals surface area contributed by atoms with Gasteiger partial charge in [-0.25, -0.2) is 0 Å². The monoisotopic (exact) mass is 342 g/mol. The molecule has 100 valence electrons. The van der Waals surface area contributed by atoms with Crippen molar-refractivity contribution in [3.8, 4) is 0 Å². The maximum absolute atomic E-state index is 3.75. The van der Waals surface area contributed by atoms with Gasteiger partial charge in [0.1, 0.15) is 0 Å². The second-order valence-electron chi connectivity index (χ2n) is 5.38. The summed E-state index contributed by atoms with van der Waals surface area (Å²) >= 11 is 5.68. The molecule has 0 spiro atoms. The first-order chi connectivity index (χ1) is 9.83. The second kappa shape index (κ2) is 5.01. The number of fused-ring (bicyclic) bond motifs is 3. The zero-order valence-electron chi connectivity index (χ0n) is 11.1. The summed E-state index contributed by atoms with van der Waals surface area (Å²) in [6, 6.07) is 15.5. The first-order valence-corrected chi connectivity index (χ1v) is 8.81. The molecule has 0 amide bonds. The van der Waals surface area contributed by atoms with Gasteiger partial charge in [-0.05, 0) is 36.5 Å². The summed E-state index contributed by atoms with van der Waals surface area (Å²) in [5.74, 6) is 0. The normalized spacial score (nSPS) is 19.4. The van der Waals surface area contributed by atoms with E-state index in [0.29, 0.717) is 4.83 Å². The van der Waals surface area contributed by atoms with Gasteiger partial charge in [0, 0.05) is 25.0 Å². The van der Waals surface area contributed by atoms with E-state index in [-0.39, 0.29) is 0 Å². The quantitative estimate of drug-likeness (QED) is 0.449. The molecule has 0 saturated carbocycles. The van der Waals surface area contributed by atoms with Gasteiger partial charge >= 0.3 is 0 Å². The number of hydrogen-bond donors (Lipinski definition) is 0. The van der Waals surface area contributed by atoms with Gasteiger partial charge in [-0.1, -0.05) is 58.4 Å². The van der Waals surface area contributed by atoms with Crippen LogP contribution in [0.5, 0.6) is 0 Å². The van der Waals surface area contributed by atoms with Crippen molar-refractivity contribution in [1.82, 2.24) is 0 Å². The molecule has 3 aromatic rings. The SMILES string of the molecule is BrC1C=C(c2cccc3c2sc2ccccc23)CCC1. The molecule has 0 fully saturated rings. The van der Waals surface area contributed by atoms with E-state index in [2.05, 4.69) is 64.5 Å². The van der Waals surface area contributed by atoms with E-state index >= 15 is 0 Å². The van der Waals surface area contributed by atoms with Crippen molar-refractivity contribution in [2.45, 2.75) is 24.1 Å². The van der Waals surface area contributed by atoms with E-state index in [9.17, 15) is 0 Å². The van der Waals surface area contributed by atoms with Crippen LogP contribution in [0.15, 0.2) is 48.5 Å². The van der Waals surface area contributed by atoms with Crippen molar-refractivity contribution < 1.29 is 0 Å². The minimum absolute atomic E-state index is 0.538. The third-order valence-electron chi connectivity index (χ3n) is 4.06. The fourth-order valence-electron chi connectivity index (χ4n) is 3.10. The highest BCUT2D eigenvalue weighted by Crippen LogP contribution is 2.40. The second-order valence-corrected chi connectivity index (χ2v) is 7.61. The summed E-state index contributed by atoms with van der Waals surface area (Å²) in [5, 5.41) is 2.79. The van der Waals surface area contributed by atoms with E-state index in [1.807, 2.05) is 11.3 Å². The van der Waals surface area contributed by atoms with Crippen molar-refractivity contribution in [3.63, 3.8) is 0 Å². The molecule has 0 saturated heterocycles. The Kier molecular flexibility index (Phi) is 3.16. The lowest BCUT2D eigenvalue weighted by Crippen LogP contribution is -2.02. The van der Waals surface area contributed by atoms with Crippen LogP contribution in [-0.2, 0) is 0 Å². The average molecular weight is 343 g/mol. The molecule has 0 N–H and O–H groups in total. The molecule has 0 nitrogen and oxygen atoms in total. The number of allylic oxidation sites excluding steroid dienone is 2. The van der Waals surface area contributed by atoms with Gasteiger partial charge in [0.05, 0.1) is 0 Å². The topological polar surface area (TPSA) is 0 Å². The van der Waals surface area contributed by atoms with Gasteiger partial charge in [0.15, 0.2) is 0 Å². The van der Waals surface area contributed by atoms with Crippen LogP contribution in [0.2, 0.25) is 0 Å². The van der Waals surface area contributed by atoms with Crippen LogP contribution in [0, 0.1) is 0 Å². The lowest BCUT2D eigenvalue weighted by atomic mass is 9.93. The van der Waals surface area contributed by atoms with E-state index in [1.165, 1.54) is 50.6 Å². The molecule has 0 bridgehead atoms. The van der Waals surface area contributed by atoms with E-state index in [0.717, 1.165) is 0 Å². The third-order valence-corrected chi connectivity index (χ3v) is 6.00. The highest BCUT2D eigenvalue weighted by molar-refractivity contribution is 9.09. The van der Waals surface area contributed by atoms with Gasteiger partial charge in [-0.2, -0.15) is 0 Å². The highest BCUT2D eigenvalue weighted by Gasteiger charge is 2.16. The van der Waals surface area contributed by atoms with E-state index < -0.39 is 0 Å². The largest absolute Gasteiger partial charge is 0.135 e. The van der Waals surface area contributed by atoms with Crippen molar-refractivity contribution in [2.75, 3.05) is 0 Å². The molecule has 0 radical (unpaired) electrons. The van der Waals surface area contributed by atoms with Crippen LogP contribution in [0.4, 0.5) is 0 Å². The van der Waals surface area contributed by atoms with Gasteiger partial charge in [-0.3, -0.25) is 0 Å². The summed E-state index contributed by atoms with van der Waals surface area (Å²) in [7, 11) is 0. The zero-order chi connectivity index (χ0) is 13.5. The van der Waals surface area contributed by atoms with Gasteiger partial charge in [-0.15, -0.1) is 11.3 Å². The Morgan fingerprint density at radius 3 is 2.75 bits per heavy atom. The number of halogens is 1. The Bertz CT molecular complexity index is 813. The number of alkyl halides is 1. The average Bonchev–Trinajstić information content (AvgIpc) is 2.86. The summed E-state index contributed by atoms with van der Waals surface area (Å²) < 4.78 is 2.84. The fraction of sp³-hybridized carbons (Fsp3) is 0.222. The molecular weight excluding hydrogens is 328 g/mol. The Hall–Kier alpha value is -1.12. The minimum Gasteiger partial charge on any atom is -0.135 e. The molecular formula is C18H15BrS. The Labute approximate surface area is 131 Å². The fourth-order valence-corrected chi connectivity index (χ4v) is 4.99. The van der Waals surface area contributed by atoms with Crippen molar-refractivity contribution in [1.29, 1.82) is 0 Å². The molecule has 1 aliphatic carbocycles. The summed E-state index contributed by atoms with van der Waals surface area (Å²) in [6.45, 7) is 0. The molecule has 0 aliphatic heterocycles. The molecule has 1 unspecified atom stereocenters. The van der Waals surface area contributed by atoms with Gasteiger partial charge in [0.2, 0.25) is 0 Å². The molecule has 1 atom stereocenters. The first kappa shape index (κ1) is 12.6. The molecule has 4 rings (SSSR count). The maximum Gasteiger partial charge on any atom is 0.0430 e. The van der Waals surface area contributed by atoms with Crippen LogP contribution in [0.3, 0.4) is 0 Å². The summed E-state index contributed by atoms with van der Waals surface area (Å²) in [6.07, 6.45) is 6.15. The predicted octanol–water partition coefficient (Wildman–Crippen LogP) is 6.39. The van der Waals surface area contributed by atoms with Crippen LogP contribution in [0.25, 0.3) is 25.7 Å². The molecule has 1 heterocycles. The van der Waals surface area contributed by atoms with Crippen LogP contribution >= 0.6 is 27.3 Å². The molecule has 2 heteroatoms. The van der Waals surface area contributed by atoms with Crippen molar-refractivity contribution in [2.24, 2.45) is 0 Å². The minimum atomic E-state index is 0.538. The molecule has 20 heavy (non-hydrogen) atoms. The highest BCUT2D eigenvalue weighted by atomic mass is 79.9. The van der Waals surface area contributed by atoms with E-state index in [4.69, 9.17) is 0 Å². The molecule has 1 aromatic heterocycles. The Morgan fingerprint density at radius 2 is 1.85 bits per heavy atom. The molecule has 2 aromatic carbocycles. The van der Waals surface area contributed by atoms with Crippen LogP contribution < -0.4 is 0 Å². The lowest BCUT2D eigenvalue weighted by molar-refractivity contribution is 0.760. The van der Waals surface area contributed by atoms with Crippen molar-refractivity contribution in [3.05, 3.63) is 54.1 Å². The lowest BCUT2D eigenvalue weighted by Gasteiger charge is -2.17. The maximum atomic E-state index is 3.75. The predicted molar refractivity (Wildman–Crippen MR) is 93.9 cm³/mol. The van der Waals surface area contributed by atoms with Crippen LogP contribution in [0.1, 0.15) is 24.8 Å². The van der Waals surface area contributed by atoms with Gasteiger partial charge in [0.25, 0.3) is 0 Å². The Balaban J connectivity index is 2.00. The van der Waals surface area contributed by atoms with Crippen LogP contribution in [-0.4, -0.2) is 4.83 Å². The Morgan fingerprint density at radius 1 is 1.00 bits per heavy atom.